The number of rotatable bonds is 6. The Morgan fingerprint density at radius 1 is 1.53 bits per heavy atom. The first-order chi connectivity index (χ1) is 8.11. The largest absolute Gasteiger partial charge is 0.395 e. The Morgan fingerprint density at radius 2 is 2.24 bits per heavy atom. The van der Waals surface area contributed by atoms with Gasteiger partial charge < -0.3 is 10.0 Å². The summed E-state index contributed by atoms with van der Waals surface area (Å²) >= 11 is 5.69. The van der Waals surface area contributed by atoms with Crippen LogP contribution in [-0.2, 0) is 0 Å². The van der Waals surface area contributed by atoms with Gasteiger partial charge in [0.1, 0.15) is 6.33 Å². The summed E-state index contributed by atoms with van der Waals surface area (Å²) in [5.74, 6) is 0.144. The summed E-state index contributed by atoms with van der Waals surface area (Å²) in [5, 5.41) is 19.6. The van der Waals surface area contributed by atoms with Crippen molar-refractivity contribution in [1.82, 2.24) is 9.97 Å². The number of aromatic nitrogens is 2. The van der Waals surface area contributed by atoms with E-state index in [1.165, 1.54) is 6.33 Å². The van der Waals surface area contributed by atoms with Crippen LogP contribution in [0.5, 0.6) is 0 Å². The summed E-state index contributed by atoms with van der Waals surface area (Å²) in [7, 11) is 0. The third-order valence-electron chi connectivity index (χ3n) is 2.10. The lowest BCUT2D eigenvalue weighted by Gasteiger charge is -2.21. The van der Waals surface area contributed by atoms with E-state index in [-0.39, 0.29) is 29.8 Å². The van der Waals surface area contributed by atoms with Crippen LogP contribution in [0, 0.1) is 10.1 Å². The van der Waals surface area contributed by atoms with Gasteiger partial charge in [0.2, 0.25) is 11.0 Å². The lowest BCUT2D eigenvalue weighted by atomic mass is 10.3. The SMILES string of the molecule is CCCN(CCO)c1ncnc(Cl)c1[N+](=O)[O-]. The fourth-order valence-electron chi connectivity index (χ4n) is 1.45. The predicted octanol–water partition coefficient (Wildman–Crippen LogP) is 1.25. The molecule has 0 saturated heterocycles. The van der Waals surface area contributed by atoms with Gasteiger partial charge in [-0.25, -0.2) is 9.97 Å². The lowest BCUT2D eigenvalue weighted by Crippen LogP contribution is -2.29. The van der Waals surface area contributed by atoms with E-state index in [0.29, 0.717) is 6.54 Å². The summed E-state index contributed by atoms with van der Waals surface area (Å²) in [6.07, 6.45) is 1.95. The smallest absolute Gasteiger partial charge is 0.348 e. The molecule has 7 nitrogen and oxygen atoms in total. The molecule has 1 rings (SSSR count). The van der Waals surface area contributed by atoms with E-state index in [1.807, 2.05) is 6.92 Å². The van der Waals surface area contributed by atoms with Crippen molar-refractivity contribution in [2.75, 3.05) is 24.6 Å². The first-order valence-corrected chi connectivity index (χ1v) is 5.50. The van der Waals surface area contributed by atoms with E-state index < -0.39 is 4.92 Å². The maximum Gasteiger partial charge on any atom is 0.348 e. The second kappa shape index (κ2) is 6.31. The Kier molecular flexibility index (Phi) is 5.05. The number of halogens is 1. The predicted molar refractivity (Wildman–Crippen MR) is 63.3 cm³/mol. The molecule has 0 bridgehead atoms. The summed E-state index contributed by atoms with van der Waals surface area (Å²) in [6, 6.07) is 0. The molecule has 0 amide bonds. The molecular formula is C9H13ClN4O3. The number of nitrogens with zero attached hydrogens (tertiary/aromatic N) is 4. The zero-order valence-corrected chi connectivity index (χ0v) is 10.1. The number of hydrogen-bond donors (Lipinski definition) is 1. The Balaban J connectivity index is 3.17. The monoisotopic (exact) mass is 260 g/mol. The van der Waals surface area contributed by atoms with Gasteiger partial charge in [0.25, 0.3) is 0 Å². The first-order valence-electron chi connectivity index (χ1n) is 5.12. The van der Waals surface area contributed by atoms with Gasteiger partial charge in [-0.1, -0.05) is 18.5 Å². The number of nitro groups is 1. The zero-order chi connectivity index (χ0) is 12.8. The Labute approximate surface area is 103 Å². The van der Waals surface area contributed by atoms with Crippen LogP contribution >= 0.6 is 11.6 Å². The molecule has 8 heteroatoms. The minimum Gasteiger partial charge on any atom is -0.395 e. The molecule has 0 atom stereocenters. The van der Waals surface area contributed by atoms with E-state index in [0.717, 1.165) is 6.42 Å². The van der Waals surface area contributed by atoms with Crippen molar-refractivity contribution in [2.45, 2.75) is 13.3 Å². The molecule has 0 aliphatic carbocycles. The van der Waals surface area contributed by atoms with Crippen molar-refractivity contribution in [2.24, 2.45) is 0 Å². The van der Waals surface area contributed by atoms with Gasteiger partial charge in [0.05, 0.1) is 11.5 Å². The van der Waals surface area contributed by atoms with Gasteiger partial charge in [-0.05, 0) is 6.42 Å². The first kappa shape index (κ1) is 13.6. The van der Waals surface area contributed by atoms with Gasteiger partial charge in [-0.3, -0.25) is 10.1 Å². The van der Waals surface area contributed by atoms with Crippen LogP contribution in [0.25, 0.3) is 0 Å². The summed E-state index contributed by atoms with van der Waals surface area (Å²) in [6.45, 7) is 2.63. The van der Waals surface area contributed by atoms with Crippen LogP contribution in [0.4, 0.5) is 11.5 Å². The number of anilines is 1. The van der Waals surface area contributed by atoms with E-state index in [4.69, 9.17) is 16.7 Å². The molecule has 0 saturated carbocycles. The Morgan fingerprint density at radius 3 is 2.76 bits per heavy atom. The van der Waals surface area contributed by atoms with Crippen molar-refractivity contribution in [3.05, 3.63) is 21.6 Å². The van der Waals surface area contributed by atoms with Crippen LogP contribution < -0.4 is 4.90 Å². The normalized spacial score (nSPS) is 10.3. The molecule has 94 valence electrons. The third-order valence-corrected chi connectivity index (χ3v) is 2.38. The minimum atomic E-state index is -0.613. The highest BCUT2D eigenvalue weighted by atomic mass is 35.5. The number of hydrogen-bond acceptors (Lipinski definition) is 6. The molecule has 0 aliphatic heterocycles. The summed E-state index contributed by atoms with van der Waals surface area (Å²) < 4.78 is 0. The molecule has 1 heterocycles. The molecule has 0 aliphatic rings. The molecular weight excluding hydrogens is 248 g/mol. The molecule has 1 aromatic heterocycles. The molecule has 17 heavy (non-hydrogen) atoms. The van der Waals surface area contributed by atoms with Crippen molar-refractivity contribution in [3.63, 3.8) is 0 Å². The molecule has 0 aromatic carbocycles. The fourth-order valence-corrected chi connectivity index (χ4v) is 1.65. The van der Waals surface area contributed by atoms with Crippen molar-refractivity contribution in [3.8, 4) is 0 Å². The van der Waals surface area contributed by atoms with Crippen molar-refractivity contribution >= 4 is 23.1 Å². The van der Waals surface area contributed by atoms with E-state index >= 15 is 0 Å². The topological polar surface area (TPSA) is 92.4 Å². The van der Waals surface area contributed by atoms with Gasteiger partial charge in [0, 0.05) is 13.1 Å². The van der Waals surface area contributed by atoms with E-state index in [1.54, 1.807) is 4.90 Å². The van der Waals surface area contributed by atoms with Gasteiger partial charge in [-0.15, -0.1) is 0 Å². The van der Waals surface area contributed by atoms with Gasteiger partial charge in [0.15, 0.2) is 0 Å². The number of aliphatic hydroxyl groups excluding tert-OH is 1. The fraction of sp³-hybridized carbons (Fsp3) is 0.556. The zero-order valence-electron chi connectivity index (χ0n) is 9.34. The molecule has 0 unspecified atom stereocenters. The maximum atomic E-state index is 10.9. The van der Waals surface area contributed by atoms with E-state index in [2.05, 4.69) is 9.97 Å². The third kappa shape index (κ3) is 3.24. The number of aliphatic hydroxyl groups is 1. The van der Waals surface area contributed by atoms with Crippen LogP contribution in [0.15, 0.2) is 6.33 Å². The highest BCUT2D eigenvalue weighted by Gasteiger charge is 2.25. The van der Waals surface area contributed by atoms with Gasteiger partial charge in [-0.2, -0.15) is 0 Å². The van der Waals surface area contributed by atoms with Crippen LogP contribution in [0.3, 0.4) is 0 Å². The van der Waals surface area contributed by atoms with Gasteiger partial charge >= 0.3 is 5.69 Å². The second-order valence-corrected chi connectivity index (χ2v) is 3.66. The molecule has 0 fully saturated rings. The highest BCUT2D eigenvalue weighted by Crippen LogP contribution is 2.31. The van der Waals surface area contributed by atoms with Crippen LogP contribution in [0.2, 0.25) is 5.15 Å². The average Bonchev–Trinajstić information content (AvgIpc) is 2.28. The quantitative estimate of drug-likeness (QED) is 0.470. The standard InChI is InChI=1S/C9H13ClN4O3/c1-2-3-13(4-5-15)9-7(14(16)17)8(10)11-6-12-9/h6,15H,2-5H2,1H3. The summed E-state index contributed by atoms with van der Waals surface area (Å²) in [5.41, 5.74) is -0.323. The molecule has 1 aromatic rings. The average molecular weight is 261 g/mol. The maximum absolute atomic E-state index is 10.9. The molecule has 0 radical (unpaired) electrons. The lowest BCUT2D eigenvalue weighted by molar-refractivity contribution is -0.384. The minimum absolute atomic E-state index is 0.112. The highest BCUT2D eigenvalue weighted by molar-refractivity contribution is 6.31. The van der Waals surface area contributed by atoms with Crippen molar-refractivity contribution < 1.29 is 10.0 Å². The Hall–Kier alpha value is -1.47. The summed E-state index contributed by atoms with van der Waals surface area (Å²) in [4.78, 5) is 19.4. The Bertz CT molecular complexity index is 396. The second-order valence-electron chi connectivity index (χ2n) is 3.30. The van der Waals surface area contributed by atoms with Crippen molar-refractivity contribution in [1.29, 1.82) is 0 Å². The molecule has 0 spiro atoms. The van der Waals surface area contributed by atoms with E-state index in [9.17, 15) is 10.1 Å². The van der Waals surface area contributed by atoms with Crippen LogP contribution in [-0.4, -0.2) is 39.7 Å². The molecule has 1 N–H and O–H groups in total. The van der Waals surface area contributed by atoms with Crippen LogP contribution in [0.1, 0.15) is 13.3 Å².